The van der Waals surface area contributed by atoms with Crippen molar-refractivity contribution in [2.24, 2.45) is 0 Å². The van der Waals surface area contributed by atoms with Gasteiger partial charge in [0, 0.05) is 35.4 Å². The quantitative estimate of drug-likeness (QED) is 0.677. The van der Waals surface area contributed by atoms with Crippen LogP contribution in [0.4, 0.5) is 0 Å². The summed E-state index contributed by atoms with van der Waals surface area (Å²) < 4.78 is 2.08. The number of fused-ring (bicyclic) bond motifs is 1. The van der Waals surface area contributed by atoms with Crippen molar-refractivity contribution < 1.29 is 4.79 Å². The number of thiazole rings is 1. The molecule has 1 aliphatic heterocycles. The van der Waals surface area contributed by atoms with Crippen molar-refractivity contribution in [3.63, 3.8) is 0 Å². The zero-order chi connectivity index (χ0) is 18.1. The van der Waals surface area contributed by atoms with Crippen LogP contribution in [0.3, 0.4) is 0 Å². The van der Waals surface area contributed by atoms with E-state index in [1.165, 1.54) is 12.0 Å². The van der Waals surface area contributed by atoms with E-state index >= 15 is 0 Å². The van der Waals surface area contributed by atoms with E-state index in [-0.39, 0.29) is 5.91 Å². The zero-order valence-corrected chi connectivity index (χ0v) is 16.3. The molecule has 0 saturated carbocycles. The molecule has 5 heteroatoms. The molecule has 1 unspecified atom stereocenters. The minimum Gasteiger partial charge on any atom is -0.340 e. The maximum atomic E-state index is 12.8. The Labute approximate surface area is 158 Å². The average Bonchev–Trinajstić information content (AvgIpc) is 3.24. The second-order valence-electron chi connectivity index (χ2n) is 7.16. The number of carbonyl (C=O) groups is 1. The van der Waals surface area contributed by atoms with Crippen LogP contribution < -0.4 is 0 Å². The normalized spacial score (nSPS) is 17.8. The molecule has 0 spiro atoms. The second kappa shape index (κ2) is 7.23. The van der Waals surface area contributed by atoms with Crippen LogP contribution in [-0.2, 0) is 17.6 Å². The van der Waals surface area contributed by atoms with Gasteiger partial charge in [-0.3, -0.25) is 9.20 Å². The molecule has 1 saturated heterocycles. The van der Waals surface area contributed by atoms with Crippen LogP contribution in [0.5, 0.6) is 0 Å². The van der Waals surface area contributed by atoms with Gasteiger partial charge in [-0.2, -0.15) is 0 Å². The van der Waals surface area contributed by atoms with Crippen LogP contribution in [0.25, 0.3) is 16.2 Å². The fourth-order valence-corrected chi connectivity index (χ4v) is 4.60. The Balaban J connectivity index is 1.56. The van der Waals surface area contributed by atoms with Crippen molar-refractivity contribution in [3.05, 3.63) is 47.1 Å². The first-order chi connectivity index (χ1) is 12.7. The predicted molar refractivity (Wildman–Crippen MR) is 107 cm³/mol. The Kier molecular flexibility index (Phi) is 4.81. The fourth-order valence-electron chi connectivity index (χ4n) is 3.73. The molecule has 136 valence electrons. The molecule has 0 radical (unpaired) electrons. The monoisotopic (exact) mass is 367 g/mol. The molecular formula is C21H25N3OS. The van der Waals surface area contributed by atoms with E-state index in [0.717, 1.165) is 47.7 Å². The number of hydrogen-bond donors (Lipinski definition) is 0. The molecule has 3 heterocycles. The minimum absolute atomic E-state index is 0.236. The Bertz CT molecular complexity index is 909. The first kappa shape index (κ1) is 17.3. The number of imidazole rings is 1. The van der Waals surface area contributed by atoms with E-state index < -0.39 is 0 Å². The molecule has 0 bridgehead atoms. The number of benzene rings is 1. The molecule has 0 N–H and O–H groups in total. The Hall–Kier alpha value is -2.14. The van der Waals surface area contributed by atoms with Gasteiger partial charge in [0.15, 0.2) is 4.96 Å². The molecule has 0 aliphatic carbocycles. The van der Waals surface area contributed by atoms with Gasteiger partial charge in [-0.15, -0.1) is 11.3 Å². The number of aryl methyl sites for hydroxylation is 1. The third-order valence-electron chi connectivity index (χ3n) is 5.40. The third-order valence-corrected chi connectivity index (χ3v) is 6.29. The first-order valence-electron chi connectivity index (χ1n) is 9.50. The van der Waals surface area contributed by atoms with Gasteiger partial charge >= 0.3 is 0 Å². The summed E-state index contributed by atoms with van der Waals surface area (Å²) in [5, 5.41) is 2.07. The highest BCUT2D eigenvalue weighted by Crippen LogP contribution is 2.25. The number of nitrogens with zero attached hydrogens (tertiary/aromatic N) is 3. The standard InChI is InChI=1S/C21H25N3OS/c1-3-16-7-9-17(10-8-16)19-13-24-18(14-26-21(24)22-19)12-20(25)23-11-5-4-6-15(23)2/h7-10,13-15H,3-6,11-12H2,1-2H3. The summed E-state index contributed by atoms with van der Waals surface area (Å²) in [7, 11) is 0. The lowest BCUT2D eigenvalue weighted by Crippen LogP contribution is -2.42. The Morgan fingerprint density at radius 1 is 1.27 bits per heavy atom. The van der Waals surface area contributed by atoms with Crippen LogP contribution in [-0.4, -0.2) is 32.8 Å². The van der Waals surface area contributed by atoms with E-state index in [4.69, 9.17) is 4.98 Å². The van der Waals surface area contributed by atoms with Crippen LogP contribution in [0.15, 0.2) is 35.8 Å². The highest BCUT2D eigenvalue weighted by molar-refractivity contribution is 7.15. The summed E-state index contributed by atoms with van der Waals surface area (Å²) in [5.74, 6) is 0.236. The molecule has 26 heavy (non-hydrogen) atoms. The molecule has 1 aliphatic rings. The predicted octanol–water partition coefficient (Wildman–Crippen LogP) is 4.57. The summed E-state index contributed by atoms with van der Waals surface area (Å²) in [5.41, 5.74) is 4.47. The van der Waals surface area contributed by atoms with Crippen LogP contribution >= 0.6 is 11.3 Å². The van der Waals surface area contributed by atoms with E-state index in [0.29, 0.717) is 12.5 Å². The van der Waals surface area contributed by atoms with Crippen molar-refractivity contribution >= 4 is 22.2 Å². The second-order valence-corrected chi connectivity index (χ2v) is 8.00. The number of piperidine rings is 1. The molecular weight excluding hydrogens is 342 g/mol. The number of carbonyl (C=O) groups excluding carboxylic acids is 1. The van der Waals surface area contributed by atoms with Gasteiger partial charge in [-0.1, -0.05) is 31.2 Å². The highest BCUT2D eigenvalue weighted by Gasteiger charge is 2.24. The lowest BCUT2D eigenvalue weighted by molar-refractivity contribution is -0.133. The summed E-state index contributed by atoms with van der Waals surface area (Å²) in [6, 6.07) is 8.94. The van der Waals surface area contributed by atoms with Crippen LogP contribution in [0.2, 0.25) is 0 Å². The van der Waals surface area contributed by atoms with Crippen molar-refractivity contribution in [2.75, 3.05) is 6.54 Å². The van der Waals surface area contributed by atoms with Crippen LogP contribution in [0.1, 0.15) is 44.4 Å². The summed E-state index contributed by atoms with van der Waals surface area (Å²) in [6.45, 7) is 5.22. The number of rotatable bonds is 4. The molecule has 4 rings (SSSR count). The van der Waals surface area contributed by atoms with Crippen LogP contribution in [0, 0.1) is 0 Å². The smallest absolute Gasteiger partial charge is 0.228 e. The van der Waals surface area contributed by atoms with E-state index in [1.807, 2.05) is 4.90 Å². The van der Waals surface area contributed by atoms with Gasteiger partial charge in [-0.25, -0.2) is 4.98 Å². The zero-order valence-electron chi connectivity index (χ0n) is 15.4. The number of likely N-dealkylation sites (tertiary alicyclic amines) is 1. The van der Waals surface area contributed by atoms with E-state index in [9.17, 15) is 4.79 Å². The van der Waals surface area contributed by atoms with Gasteiger partial charge < -0.3 is 4.90 Å². The average molecular weight is 368 g/mol. The minimum atomic E-state index is 0.236. The van der Waals surface area contributed by atoms with Crippen molar-refractivity contribution in [3.8, 4) is 11.3 Å². The van der Waals surface area contributed by atoms with Gasteiger partial charge in [0.05, 0.1) is 12.1 Å². The lowest BCUT2D eigenvalue weighted by Gasteiger charge is -2.33. The van der Waals surface area contributed by atoms with Gasteiger partial charge in [-0.05, 0) is 38.2 Å². The molecule has 3 aromatic rings. The Morgan fingerprint density at radius 3 is 2.81 bits per heavy atom. The third kappa shape index (κ3) is 3.28. The molecule has 1 atom stereocenters. The van der Waals surface area contributed by atoms with Crippen molar-refractivity contribution in [1.29, 1.82) is 0 Å². The summed E-state index contributed by atoms with van der Waals surface area (Å²) >= 11 is 1.61. The lowest BCUT2D eigenvalue weighted by atomic mass is 10.0. The highest BCUT2D eigenvalue weighted by atomic mass is 32.1. The molecule has 2 aromatic heterocycles. The maximum absolute atomic E-state index is 12.8. The number of amides is 1. The fraction of sp³-hybridized carbons (Fsp3) is 0.429. The summed E-state index contributed by atoms with van der Waals surface area (Å²) in [4.78, 5) is 20.5. The van der Waals surface area contributed by atoms with Crippen molar-refractivity contribution in [2.45, 2.75) is 52.0 Å². The van der Waals surface area contributed by atoms with E-state index in [2.05, 4.69) is 54.1 Å². The van der Waals surface area contributed by atoms with Gasteiger partial charge in [0.25, 0.3) is 0 Å². The molecule has 1 fully saturated rings. The van der Waals surface area contributed by atoms with E-state index in [1.54, 1.807) is 11.3 Å². The Morgan fingerprint density at radius 2 is 2.08 bits per heavy atom. The topological polar surface area (TPSA) is 37.6 Å². The largest absolute Gasteiger partial charge is 0.340 e. The molecule has 1 aromatic carbocycles. The first-order valence-corrected chi connectivity index (χ1v) is 10.4. The maximum Gasteiger partial charge on any atom is 0.228 e. The van der Waals surface area contributed by atoms with Crippen molar-refractivity contribution in [1.82, 2.24) is 14.3 Å². The SMILES string of the molecule is CCc1ccc(-c2cn3c(CC(=O)N4CCCCC4C)csc3n2)cc1. The molecule has 4 nitrogen and oxygen atoms in total. The van der Waals surface area contributed by atoms with Gasteiger partial charge in [0.2, 0.25) is 5.91 Å². The summed E-state index contributed by atoms with van der Waals surface area (Å²) in [6.07, 6.45) is 7.03. The number of hydrogen-bond acceptors (Lipinski definition) is 3. The molecule has 1 amide bonds. The number of aromatic nitrogens is 2. The van der Waals surface area contributed by atoms with Gasteiger partial charge in [0.1, 0.15) is 0 Å².